The molecule has 2 N–H and O–H groups in total. The molecule has 0 bridgehead atoms. The molecule has 4 heteroatoms. The Labute approximate surface area is 106 Å². The Morgan fingerprint density at radius 1 is 1.53 bits per heavy atom. The zero-order valence-corrected chi connectivity index (χ0v) is 10.6. The quantitative estimate of drug-likeness (QED) is 0.903. The highest BCUT2D eigenvalue weighted by molar-refractivity contribution is 6.31. The van der Waals surface area contributed by atoms with Gasteiger partial charge in [0.15, 0.2) is 0 Å². The van der Waals surface area contributed by atoms with E-state index in [4.69, 9.17) is 17.3 Å². The van der Waals surface area contributed by atoms with Crippen molar-refractivity contribution in [3.8, 4) is 0 Å². The largest absolute Gasteiger partial charge is 0.369 e. The molecule has 1 aliphatic rings. The molecule has 1 heterocycles. The summed E-state index contributed by atoms with van der Waals surface area (Å²) in [5.41, 5.74) is 8.02. The van der Waals surface area contributed by atoms with Crippen LogP contribution in [0.3, 0.4) is 0 Å². The molecule has 2 atom stereocenters. The van der Waals surface area contributed by atoms with E-state index in [0.717, 1.165) is 22.0 Å². The Hall–Kier alpha value is -1.22. The van der Waals surface area contributed by atoms with E-state index >= 15 is 0 Å². The van der Waals surface area contributed by atoms with Gasteiger partial charge in [0.2, 0.25) is 5.95 Å². The molecule has 2 unspecified atom stereocenters. The van der Waals surface area contributed by atoms with Gasteiger partial charge in [-0.3, -0.25) is 0 Å². The highest BCUT2D eigenvalue weighted by Gasteiger charge is 2.39. The summed E-state index contributed by atoms with van der Waals surface area (Å²) in [5, 5.41) is 0.742. The monoisotopic (exact) mass is 249 g/mol. The Kier molecular flexibility index (Phi) is 2.51. The molecule has 0 aliphatic heterocycles. The maximum Gasteiger partial charge on any atom is 0.201 e. The fourth-order valence-corrected chi connectivity index (χ4v) is 2.83. The third-order valence-corrected chi connectivity index (χ3v) is 3.79. The van der Waals surface area contributed by atoms with Gasteiger partial charge in [-0.1, -0.05) is 24.9 Å². The first-order valence-electron chi connectivity index (χ1n) is 6.13. The SMILES string of the molecule is CCCC1CC1n1c(N)nc2ccc(Cl)cc21. The van der Waals surface area contributed by atoms with Gasteiger partial charge in [-0.25, -0.2) is 4.98 Å². The average Bonchev–Trinajstić information content (AvgIpc) is 2.94. The summed E-state index contributed by atoms with van der Waals surface area (Å²) in [5.74, 6) is 1.38. The van der Waals surface area contributed by atoms with Gasteiger partial charge in [-0.05, 0) is 37.0 Å². The van der Waals surface area contributed by atoms with Crippen LogP contribution in [0, 0.1) is 5.92 Å². The molecule has 17 heavy (non-hydrogen) atoms. The second-order valence-corrected chi connectivity index (χ2v) is 5.26. The number of aromatic nitrogens is 2. The molecular formula is C13H16ClN3. The smallest absolute Gasteiger partial charge is 0.201 e. The van der Waals surface area contributed by atoms with Crippen LogP contribution in [0.1, 0.15) is 32.2 Å². The van der Waals surface area contributed by atoms with Crippen LogP contribution >= 0.6 is 11.6 Å². The van der Waals surface area contributed by atoms with Gasteiger partial charge >= 0.3 is 0 Å². The number of nitrogen functional groups attached to an aromatic ring is 1. The lowest BCUT2D eigenvalue weighted by atomic mass is 10.2. The van der Waals surface area contributed by atoms with Gasteiger partial charge in [-0.15, -0.1) is 0 Å². The van der Waals surface area contributed by atoms with Gasteiger partial charge in [0, 0.05) is 11.1 Å². The van der Waals surface area contributed by atoms with Crippen LogP contribution in [0.5, 0.6) is 0 Å². The summed E-state index contributed by atoms with van der Waals surface area (Å²) < 4.78 is 2.15. The summed E-state index contributed by atoms with van der Waals surface area (Å²) in [4.78, 5) is 4.39. The van der Waals surface area contributed by atoms with Gasteiger partial charge in [0.05, 0.1) is 11.0 Å². The first-order chi connectivity index (χ1) is 8.20. The Balaban J connectivity index is 2.04. The van der Waals surface area contributed by atoms with E-state index < -0.39 is 0 Å². The molecule has 3 nitrogen and oxygen atoms in total. The normalized spacial score (nSPS) is 23.2. The maximum absolute atomic E-state index is 6.04. The van der Waals surface area contributed by atoms with E-state index in [1.165, 1.54) is 19.3 Å². The minimum absolute atomic E-state index is 0.526. The van der Waals surface area contributed by atoms with E-state index in [2.05, 4.69) is 16.5 Å². The molecular weight excluding hydrogens is 234 g/mol. The molecule has 3 rings (SSSR count). The number of hydrogen-bond donors (Lipinski definition) is 1. The first kappa shape index (κ1) is 10.9. The lowest BCUT2D eigenvalue weighted by Crippen LogP contribution is -2.02. The predicted molar refractivity (Wildman–Crippen MR) is 71.2 cm³/mol. The molecule has 0 saturated heterocycles. The Bertz CT molecular complexity index is 561. The van der Waals surface area contributed by atoms with E-state index in [1.54, 1.807) is 0 Å². The molecule has 0 amide bonds. The molecule has 1 fully saturated rings. The third kappa shape index (κ3) is 1.78. The summed E-state index contributed by atoms with van der Waals surface area (Å²) >= 11 is 6.04. The average molecular weight is 250 g/mol. The summed E-state index contributed by atoms with van der Waals surface area (Å²) in [6.45, 7) is 2.22. The van der Waals surface area contributed by atoms with Crippen molar-refractivity contribution in [2.24, 2.45) is 5.92 Å². The molecule has 0 radical (unpaired) electrons. The minimum atomic E-state index is 0.526. The van der Waals surface area contributed by atoms with E-state index in [-0.39, 0.29) is 0 Å². The van der Waals surface area contributed by atoms with Crippen LogP contribution in [-0.4, -0.2) is 9.55 Å². The van der Waals surface area contributed by atoms with Crippen LogP contribution < -0.4 is 5.73 Å². The molecule has 90 valence electrons. The van der Waals surface area contributed by atoms with Crippen molar-refractivity contribution >= 4 is 28.6 Å². The number of imidazole rings is 1. The molecule has 2 aromatic rings. The van der Waals surface area contributed by atoms with Gasteiger partial charge in [0.1, 0.15) is 0 Å². The number of benzene rings is 1. The van der Waals surface area contributed by atoms with Crippen molar-refractivity contribution in [3.63, 3.8) is 0 Å². The standard InChI is InChI=1S/C13H16ClN3/c1-2-3-8-6-11(8)17-12-7-9(14)4-5-10(12)16-13(17)15/h4-5,7-8,11H,2-3,6H2,1H3,(H2,15,16). The van der Waals surface area contributed by atoms with Crippen molar-refractivity contribution in [1.29, 1.82) is 0 Å². The first-order valence-corrected chi connectivity index (χ1v) is 6.51. The highest BCUT2D eigenvalue weighted by atomic mass is 35.5. The van der Waals surface area contributed by atoms with Crippen molar-refractivity contribution in [2.75, 3.05) is 5.73 Å². The number of fused-ring (bicyclic) bond motifs is 1. The summed E-state index contributed by atoms with van der Waals surface area (Å²) in [7, 11) is 0. The van der Waals surface area contributed by atoms with Crippen LogP contribution in [0.2, 0.25) is 5.02 Å². The fourth-order valence-electron chi connectivity index (χ4n) is 2.66. The topological polar surface area (TPSA) is 43.8 Å². The van der Waals surface area contributed by atoms with Gasteiger partial charge in [-0.2, -0.15) is 0 Å². The highest BCUT2D eigenvalue weighted by Crippen LogP contribution is 2.48. The van der Waals surface area contributed by atoms with Crippen molar-refractivity contribution in [2.45, 2.75) is 32.2 Å². The Morgan fingerprint density at radius 3 is 3.12 bits per heavy atom. The van der Waals surface area contributed by atoms with Crippen LogP contribution in [0.25, 0.3) is 11.0 Å². The summed E-state index contributed by atoms with van der Waals surface area (Å²) in [6, 6.07) is 6.28. The minimum Gasteiger partial charge on any atom is -0.369 e. The zero-order chi connectivity index (χ0) is 12.0. The zero-order valence-electron chi connectivity index (χ0n) is 9.86. The Morgan fingerprint density at radius 2 is 2.35 bits per heavy atom. The van der Waals surface area contributed by atoms with Crippen LogP contribution in [-0.2, 0) is 0 Å². The number of halogens is 1. The third-order valence-electron chi connectivity index (χ3n) is 3.56. The van der Waals surface area contributed by atoms with E-state index in [1.807, 2.05) is 18.2 Å². The summed E-state index contributed by atoms with van der Waals surface area (Å²) in [6.07, 6.45) is 3.72. The van der Waals surface area contributed by atoms with E-state index in [9.17, 15) is 0 Å². The second-order valence-electron chi connectivity index (χ2n) is 4.82. The fraction of sp³-hybridized carbons (Fsp3) is 0.462. The number of rotatable bonds is 3. The van der Waals surface area contributed by atoms with Gasteiger partial charge < -0.3 is 10.3 Å². The number of anilines is 1. The lowest BCUT2D eigenvalue weighted by Gasteiger charge is -2.05. The second kappa shape index (κ2) is 3.91. The van der Waals surface area contributed by atoms with Crippen LogP contribution in [0.4, 0.5) is 5.95 Å². The molecule has 0 spiro atoms. The van der Waals surface area contributed by atoms with Crippen molar-refractivity contribution in [1.82, 2.24) is 9.55 Å². The maximum atomic E-state index is 6.04. The predicted octanol–water partition coefficient (Wildman–Crippen LogP) is 3.63. The molecule has 1 aromatic heterocycles. The number of hydrogen-bond acceptors (Lipinski definition) is 2. The number of nitrogens with two attached hydrogens (primary N) is 1. The molecule has 1 aromatic carbocycles. The number of nitrogens with zero attached hydrogens (tertiary/aromatic N) is 2. The molecule has 1 saturated carbocycles. The molecule has 1 aliphatic carbocycles. The van der Waals surface area contributed by atoms with Gasteiger partial charge in [0.25, 0.3) is 0 Å². The van der Waals surface area contributed by atoms with Crippen molar-refractivity contribution in [3.05, 3.63) is 23.2 Å². The lowest BCUT2D eigenvalue weighted by molar-refractivity contribution is 0.622. The van der Waals surface area contributed by atoms with Crippen LogP contribution in [0.15, 0.2) is 18.2 Å². The van der Waals surface area contributed by atoms with E-state index in [0.29, 0.717) is 12.0 Å². The van der Waals surface area contributed by atoms with Crippen molar-refractivity contribution < 1.29 is 0 Å².